The summed E-state index contributed by atoms with van der Waals surface area (Å²) in [5, 5.41) is 15.7. The van der Waals surface area contributed by atoms with Crippen molar-refractivity contribution in [2.45, 2.75) is 114 Å². The average Bonchev–Trinajstić information content (AvgIpc) is 3.71. The van der Waals surface area contributed by atoms with E-state index in [-0.39, 0.29) is 47.9 Å². The van der Waals surface area contributed by atoms with Crippen LogP contribution in [0.4, 0.5) is 0 Å². The number of allylic oxidation sites excluding steroid dienone is 2. The quantitative estimate of drug-likeness (QED) is 0.0843. The Labute approximate surface area is 323 Å². The van der Waals surface area contributed by atoms with E-state index in [1.165, 1.54) is 22.6 Å². The molecule has 0 fully saturated rings. The van der Waals surface area contributed by atoms with Crippen molar-refractivity contribution in [3.63, 3.8) is 0 Å². The Kier molecular flexibility index (Phi) is 12.7. The maximum atomic E-state index is 12.2. The molecule has 3 aromatic heterocycles. The van der Waals surface area contributed by atoms with Crippen LogP contribution in [0.5, 0.6) is 0 Å². The molecule has 0 aliphatic heterocycles. The second-order valence-corrected chi connectivity index (χ2v) is 16.1. The van der Waals surface area contributed by atoms with Gasteiger partial charge in [-0.05, 0) is 67.2 Å². The Morgan fingerprint density at radius 2 is 1.44 bits per heavy atom. The van der Waals surface area contributed by atoms with Crippen LogP contribution in [0.3, 0.4) is 0 Å². The van der Waals surface area contributed by atoms with Crippen LogP contribution in [0.25, 0.3) is 54.9 Å². The van der Waals surface area contributed by atoms with Crippen molar-refractivity contribution in [3.05, 3.63) is 90.0 Å². The average molecular weight is 879 g/mol. The van der Waals surface area contributed by atoms with Crippen LogP contribution in [0, 0.1) is 22.8 Å². The van der Waals surface area contributed by atoms with E-state index in [1.807, 2.05) is 60.1 Å². The maximum absolute atomic E-state index is 12.2. The summed E-state index contributed by atoms with van der Waals surface area (Å²) < 4.78 is 12.6. The van der Waals surface area contributed by atoms with Gasteiger partial charge in [0.25, 0.3) is 0 Å². The van der Waals surface area contributed by atoms with Gasteiger partial charge in [0.1, 0.15) is 11.3 Å². The smallest absolute Gasteiger partial charge is 0.177 e. The summed E-state index contributed by atoms with van der Waals surface area (Å²) in [7, 11) is 0. The molecule has 52 heavy (non-hydrogen) atoms. The molecule has 0 unspecified atom stereocenters. The molecule has 279 valence electrons. The zero-order chi connectivity index (χ0) is 37.3. The second-order valence-electron chi connectivity index (χ2n) is 16.1. The number of aliphatic hydroxyl groups excluding tert-OH is 1. The molecule has 0 atom stereocenters. The summed E-state index contributed by atoms with van der Waals surface area (Å²) in [5.41, 5.74) is 6.02. The first-order valence-electron chi connectivity index (χ1n) is 18.7. The van der Waals surface area contributed by atoms with E-state index in [0.717, 1.165) is 81.7 Å². The molecule has 0 aliphatic rings. The molecule has 5 nitrogen and oxygen atoms in total. The van der Waals surface area contributed by atoms with Gasteiger partial charge >= 0.3 is 0 Å². The van der Waals surface area contributed by atoms with Gasteiger partial charge in [-0.1, -0.05) is 105 Å². The summed E-state index contributed by atoms with van der Waals surface area (Å²) in [5.74, 6) is 0.845. The summed E-state index contributed by atoms with van der Waals surface area (Å²) >= 11 is 0. The number of aliphatic hydroxyl groups is 1. The van der Waals surface area contributed by atoms with E-state index in [2.05, 4.69) is 83.1 Å². The van der Waals surface area contributed by atoms with Crippen LogP contribution >= 0.6 is 0 Å². The van der Waals surface area contributed by atoms with E-state index in [1.54, 1.807) is 0 Å². The molecular formula is C46H56IrNO4-. The Hall–Kier alpha value is -3.73. The van der Waals surface area contributed by atoms with Gasteiger partial charge in [0.15, 0.2) is 16.9 Å². The molecule has 6 heteroatoms. The predicted molar refractivity (Wildman–Crippen MR) is 213 cm³/mol. The fraction of sp³-hybridized carbons (Fsp3) is 0.435. The fourth-order valence-electron chi connectivity index (χ4n) is 6.76. The molecule has 0 saturated carbocycles. The van der Waals surface area contributed by atoms with E-state index in [0.29, 0.717) is 5.92 Å². The molecule has 6 aromatic rings. The van der Waals surface area contributed by atoms with Gasteiger partial charge < -0.3 is 13.9 Å². The third-order valence-electron chi connectivity index (χ3n) is 11.2. The third kappa shape index (κ3) is 7.94. The topological polar surface area (TPSA) is 76.5 Å². The van der Waals surface area contributed by atoms with E-state index in [4.69, 9.17) is 13.8 Å². The van der Waals surface area contributed by atoms with Crippen molar-refractivity contribution in [2.75, 3.05) is 0 Å². The maximum Gasteiger partial charge on any atom is 0.177 e. The molecule has 6 rings (SSSR count). The van der Waals surface area contributed by atoms with Gasteiger partial charge in [-0.15, -0.1) is 29.1 Å². The van der Waals surface area contributed by atoms with Gasteiger partial charge in [-0.3, -0.25) is 9.78 Å². The molecule has 0 amide bonds. The zero-order valence-corrected chi connectivity index (χ0v) is 35.3. The monoisotopic (exact) mass is 879 g/mol. The molecule has 0 spiro atoms. The second kappa shape index (κ2) is 16.1. The number of fused-ring (bicyclic) bond motifs is 6. The number of nitrogens with zero attached hydrogens (tertiary/aromatic N) is 1. The van der Waals surface area contributed by atoms with Crippen molar-refractivity contribution in [1.29, 1.82) is 0 Å². The van der Waals surface area contributed by atoms with Crippen LogP contribution in [-0.4, -0.2) is 15.9 Å². The third-order valence-corrected chi connectivity index (χ3v) is 11.2. The van der Waals surface area contributed by atoms with Crippen molar-refractivity contribution in [1.82, 2.24) is 4.98 Å². The van der Waals surface area contributed by atoms with Crippen LogP contribution < -0.4 is 0 Å². The summed E-state index contributed by atoms with van der Waals surface area (Å²) in [4.78, 5) is 17.0. The molecule has 3 heterocycles. The first-order chi connectivity index (χ1) is 24.1. The number of pyridine rings is 1. The summed E-state index contributed by atoms with van der Waals surface area (Å²) in [6.07, 6.45) is 9.48. The zero-order valence-electron chi connectivity index (χ0n) is 32.9. The largest absolute Gasteiger partial charge is 0.512 e. The molecule has 1 radical (unpaired) electrons. The van der Waals surface area contributed by atoms with Gasteiger partial charge in [0.2, 0.25) is 0 Å². The summed E-state index contributed by atoms with van der Waals surface area (Å²) in [6, 6.07) is 20.6. The van der Waals surface area contributed by atoms with Crippen LogP contribution in [-0.2, 0) is 36.7 Å². The first kappa shape index (κ1) is 41.0. The Morgan fingerprint density at radius 1 is 0.827 bits per heavy atom. The van der Waals surface area contributed by atoms with Gasteiger partial charge in [-0.25, -0.2) is 0 Å². The van der Waals surface area contributed by atoms with E-state index in [9.17, 15) is 9.90 Å². The number of carbonyl (C=O) groups is 1. The molecule has 0 aliphatic carbocycles. The fourth-order valence-corrected chi connectivity index (χ4v) is 6.76. The Bertz CT molecular complexity index is 2200. The number of benzene rings is 3. The Morgan fingerprint density at radius 3 is 2.06 bits per heavy atom. The van der Waals surface area contributed by atoms with Crippen LogP contribution in [0.15, 0.2) is 81.7 Å². The van der Waals surface area contributed by atoms with Gasteiger partial charge in [-0.2, -0.15) is 0 Å². The molecular weight excluding hydrogens is 823 g/mol. The van der Waals surface area contributed by atoms with Gasteiger partial charge in [0.05, 0.1) is 6.26 Å². The van der Waals surface area contributed by atoms with Crippen molar-refractivity contribution in [2.24, 2.45) is 16.7 Å². The minimum atomic E-state index is -0.337. The molecule has 0 bridgehead atoms. The van der Waals surface area contributed by atoms with Crippen LogP contribution in [0.1, 0.15) is 113 Å². The predicted octanol–water partition coefficient (Wildman–Crippen LogP) is 13.5. The number of rotatable bonds is 10. The van der Waals surface area contributed by atoms with Crippen molar-refractivity contribution in [3.8, 4) is 11.3 Å². The number of furan rings is 2. The number of ketones is 1. The standard InChI is InChI=1S/C31H28NO2.C15H28O2.Ir/c1-18(2)14-21-17-33-29-23(21)10-11-24-25-12-13-32-27(28(25)34-30(24)29)20-15-19-8-6-7-9-22(19)26(16-20)31(3,4)5;1-7-14(5,8-2)12(16)11-13(17)15(6,9-3)10-4;/h6-13,16-18H,14H2,1-5H3;11,16H,7-10H2,1-6H3;/q-1;;/b;12-11-;. The molecule has 0 saturated heterocycles. The normalized spacial score (nSPS) is 12.8. The minimum absolute atomic E-state index is 0. The number of hydrogen-bond donors (Lipinski definition) is 1. The number of carbonyl (C=O) groups excluding carboxylic acids is 1. The first-order valence-corrected chi connectivity index (χ1v) is 18.7. The Balaban J connectivity index is 0.000000289. The number of aromatic nitrogens is 1. The minimum Gasteiger partial charge on any atom is -0.512 e. The van der Waals surface area contributed by atoms with Crippen LogP contribution in [0.2, 0.25) is 0 Å². The summed E-state index contributed by atoms with van der Waals surface area (Å²) in [6.45, 7) is 23.3. The van der Waals surface area contributed by atoms with Crippen molar-refractivity contribution < 1.29 is 38.8 Å². The van der Waals surface area contributed by atoms with Gasteiger partial charge in [0, 0.05) is 65.1 Å². The van der Waals surface area contributed by atoms with Crippen molar-refractivity contribution >= 4 is 49.5 Å². The molecule has 1 N–H and O–H groups in total. The van der Waals surface area contributed by atoms with E-state index >= 15 is 0 Å². The van der Waals surface area contributed by atoms with E-state index < -0.39 is 0 Å². The number of hydrogen-bond acceptors (Lipinski definition) is 5. The SMILES string of the molecule is CC(C)Cc1coc2c1ccc1c3ccnc(-c4[c-]c5ccccc5c(C(C)(C)C)c4)c3oc12.CCC(C)(CC)C(=O)/C=C(\O)C(C)(CC)CC.[Ir]. The molecule has 3 aromatic carbocycles.